The molecule has 2 heterocycles. The van der Waals surface area contributed by atoms with Gasteiger partial charge in [0, 0.05) is 24.7 Å². The SMILES string of the molecule is C=CC(=O)N1CC[C@H](n2nc(C#Cc3cc(CC)cc(OC)c3)c(C(N)=O)c2NC(C)C)C1. The molecular formula is C25H31N5O3. The number of nitrogens with one attached hydrogen (secondary N) is 1. The van der Waals surface area contributed by atoms with Gasteiger partial charge in [0.2, 0.25) is 5.91 Å². The molecule has 174 valence electrons. The van der Waals surface area contributed by atoms with Gasteiger partial charge >= 0.3 is 0 Å². The molecule has 1 aliphatic rings. The second kappa shape index (κ2) is 10.3. The van der Waals surface area contributed by atoms with Crippen molar-refractivity contribution in [1.82, 2.24) is 14.7 Å². The molecule has 1 atom stereocenters. The zero-order valence-corrected chi connectivity index (χ0v) is 19.6. The number of aryl methyl sites for hydroxylation is 1. The van der Waals surface area contributed by atoms with E-state index < -0.39 is 5.91 Å². The molecule has 1 aliphatic heterocycles. The Morgan fingerprint density at radius 3 is 2.73 bits per heavy atom. The third-order valence-corrected chi connectivity index (χ3v) is 5.51. The van der Waals surface area contributed by atoms with Gasteiger partial charge in [-0.25, -0.2) is 4.68 Å². The lowest BCUT2D eigenvalue weighted by Gasteiger charge is -2.19. The number of hydrogen-bond donors (Lipinski definition) is 2. The van der Waals surface area contributed by atoms with E-state index in [1.165, 1.54) is 6.08 Å². The van der Waals surface area contributed by atoms with Crippen LogP contribution in [0, 0.1) is 11.8 Å². The van der Waals surface area contributed by atoms with Crippen molar-refractivity contribution in [3.63, 3.8) is 0 Å². The molecule has 3 N–H and O–H groups in total. The first kappa shape index (κ1) is 23.9. The number of methoxy groups -OCH3 is 1. The summed E-state index contributed by atoms with van der Waals surface area (Å²) in [5.74, 6) is 6.67. The third kappa shape index (κ3) is 5.37. The highest BCUT2D eigenvalue weighted by atomic mass is 16.5. The fourth-order valence-electron chi connectivity index (χ4n) is 3.89. The van der Waals surface area contributed by atoms with Gasteiger partial charge in [0.25, 0.3) is 5.91 Å². The molecule has 8 heteroatoms. The number of anilines is 1. The Morgan fingerprint density at radius 1 is 1.36 bits per heavy atom. The summed E-state index contributed by atoms with van der Waals surface area (Å²) in [5, 5.41) is 7.97. The molecule has 33 heavy (non-hydrogen) atoms. The molecule has 0 saturated carbocycles. The van der Waals surface area contributed by atoms with E-state index in [4.69, 9.17) is 10.5 Å². The number of ether oxygens (including phenoxy) is 1. The standard InChI is InChI=1S/C25H31N5O3/c1-6-17-12-18(14-20(13-17)33-5)8-9-21-23(24(26)32)25(27-16(3)4)30(28-21)19-10-11-29(15-19)22(31)7-2/h7,12-14,16,19,27H,2,6,10-11,15H2,1,3-5H3,(H2,26,32)/t19-/m0/s1. The van der Waals surface area contributed by atoms with Gasteiger partial charge in [0.1, 0.15) is 17.1 Å². The first-order valence-corrected chi connectivity index (χ1v) is 11.1. The molecular weight excluding hydrogens is 418 g/mol. The number of carbonyl (C=O) groups is 2. The average molecular weight is 450 g/mol. The molecule has 0 unspecified atom stereocenters. The van der Waals surface area contributed by atoms with Crippen molar-refractivity contribution in [1.29, 1.82) is 0 Å². The van der Waals surface area contributed by atoms with Gasteiger partial charge in [-0.05, 0) is 62.4 Å². The number of nitrogens with zero attached hydrogens (tertiary/aromatic N) is 3. The average Bonchev–Trinajstić information content (AvgIpc) is 3.41. The number of aromatic nitrogens is 2. The van der Waals surface area contributed by atoms with Gasteiger partial charge in [-0.15, -0.1) is 0 Å². The molecule has 8 nitrogen and oxygen atoms in total. The minimum atomic E-state index is -0.606. The number of nitrogens with two attached hydrogens (primary N) is 1. The smallest absolute Gasteiger partial charge is 0.255 e. The van der Waals surface area contributed by atoms with E-state index in [0.717, 1.165) is 23.3 Å². The predicted molar refractivity (Wildman–Crippen MR) is 128 cm³/mol. The van der Waals surface area contributed by atoms with Gasteiger partial charge in [0.05, 0.1) is 13.2 Å². The monoisotopic (exact) mass is 449 g/mol. The second-order valence-corrected chi connectivity index (χ2v) is 8.28. The number of rotatable bonds is 7. The van der Waals surface area contributed by atoms with E-state index in [9.17, 15) is 9.59 Å². The Kier molecular flexibility index (Phi) is 7.44. The van der Waals surface area contributed by atoms with Crippen LogP contribution in [-0.4, -0.2) is 52.7 Å². The van der Waals surface area contributed by atoms with Crippen molar-refractivity contribution < 1.29 is 14.3 Å². The third-order valence-electron chi connectivity index (χ3n) is 5.51. The van der Waals surface area contributed by atoms with Crippen LogP contribution in [0.1, 0.15) is 60.4 Å². The molecule has 0 aliphatic carbocycles. The second-order valence-electron chi connectivity index (χ2n) is 8.28. The molecule has 1 aromatic heterocycles. The molecule has 2 aromatic rings. The minimum Gasteiger partial charge on any atom is -0.497 e. The summed E-state index contributed by atoms with van der Waals surface area (Å²) in [5.41, 5.74) is 8.18. The number of benzene rings is 1. The largest absolute Gasteiger partial charge is 0.497 e. The van der Waals surface area contributed by atoms with E-state index in [1.54, 1.807) is 16.7 Å². The highest BCUT2D eigenvalue weighted by Gasteiger charge is 2.31. The van der Waals surface area contributed by atoms with E-state index in [0.29, 0.717) is 31.0 Å². The lowest BCUT2D eigenvalue weighted by atomic mass is 10.1. The van der Waals surface area contributed by atoms with E-state index >= 15 is 0 Å². The Balaban J connectivity index is 2.06. The summed E-state index contributed by atoms with van der Waals surface area (Å²) in [6.07, 6.45) is 2.86. The maximum absolute atomic E-state index is 12.4. The van der Waals surface area contributed by atoms with Crippen molar-refractivity contribution >= 4 is 17.6 Å². The number of amides is 2. The summed E-state index contributed by atoms with van der Waals surface area (Å²) in [4.78, 5) is 26.2. The van der Waals surface area contributed by atoms with Crippen LogP contribution >= 0.6 is 0 Å². The van der Waals surface area contributed by atoms with Crippen LogP contribution in [0.3, 0.4) is 0 Å². The molecule has 1 aromatic carbocycles. The lowest BCUT2D eigenvalue weighted by molar-refractivity contribution is -0.125. The predicted octanol–water partition coefficient (Wildman–Crippen LogP) is 2.73. The fraction of sp³-hybridized carbons (Fsp3) is 0.400. The summed E-state index contributed by atoms with van der Waals surface area (Å²) in [7, 11) is 1.62. The molecule has 3 rings (SSSR count). The zero-order chi connectivity index (χ0) is 24.1. The number of hydrogen-bond acceptors (Lipinski definition) is 5. The minimum absolute atomic E-state index is 0.0390. The number of primary amides is 1. The van der Waals surface area contributed by atoms with Crippen LogP contribution in [0.25, 0.3) is 0 Å². The maximum Gasteiger partial charge on any atom is 0.255 e. The summed E-state index contributed by atoms with van der Waals surface area (Å²) in [6.45, 7) is 10.6. The van der Waals surface area contributed by atoms with Crippen molar-refractivity contribution in [3.05, 3.63) is 53.2 Å². The highest BCUT2D eigenvalue weighted by Crippen LogP contribution is 2.30. The van der Waals surface area contributed by atoms with Crippen molar-refractivity contribution in [2.24, 2.45) is 5.73 Å². The normalized spacial score (nSPS) is 15.2. The van der Waals surface area contributed by atoms with Crippen LogP contribution in [0.2, 0.25) is 0 Å². The Hall–Kier alpha value is -3.73. The molecule has 2 amide bonds. The van der Waals surface area contributed by atoms with Crippen molar-refractivity contribution in [2.45, 2.75) is 45.7 Å². The Bertz CT molecular complexity index is 1100. The summed E-state index contributed by atoms with van der Waals surface area (Å²) >= 11 is 0. The number of carbonyl (C=O) groups excluding carboxylic acids is 2. The fourth-order valence-corrected chi connectivity index (χ4v) is 3.89. The van der Waals surface area contributed by atoms with Crippen LogP contribution in [-0.2, 0) is 11.2 Å². The quantitative estimate of drug-likeness (QED) is 0.500. The van der Waals surface area contributed by atoms with Gasteiger partial charge < -0.3 is 20.7 Å². The first-order chi connectivity index (χ1) is 15.8. The molecule has 1 fully saturated rings. The molecule has 1 saturated heterocycles. The van der Waals surface area contributed by atoms with Crippen molar-refractivity contribution in [3.8, 4) is 17.6 Å². The van der Waals surface area contributed by atoms with Crippen LogP contribution in [0.5, 0.6) is 5.75 Å². The van der Waals surface area contributed by atoms with Crippen LogP contribution in [0.4, 0.5) is 5.82 Å². The molecule has 0 spiro atoms. The van der Waals surface area contributed by atoms with Gasteiger partial charge in [-0.3, -0.25) is 9.59 Å². The topological polar surface area (TPSA) is 102 Å². The summed E-state index contributed by atoms with van der Waals surface area (Å²) in [6, 6.07) is 5.73. The van der Waals surface area contributed by atoms with Gasteiger partial charge in [-0.2, -0.15) is 5.10 Å². The highest BCUT2D eigenvalue weighted by molar-refractivity contribution is 6.00. The summed E-state index contributed by atoms with van der Waals surface area (Å²) < 4.78 is 7.13. The molecule has 0 bridgehead atoms. The van der Waals surface area contributed by atoms with E-state index in [-0.39, 0.29) is 23.6 Å². The Labute approximate surface area is 194 Å². The van der Waals surface area contributed by atoms with Crippen molar-refractivity contribution in [2.75, 3.05) is 25.5 Å². The zero-order valence-electron chi connectivity index (χ0n) is 19.6. The van der Waals surface area contributed by atoms with Crippen LogP contribution in [0.15, 0.2) is 30.9 Å². The number of likely N-dealkylation sites (tertiary alicyclic amines) is 1. The van der Waals surface area contributed by atoms with Gasteiger partial charge in [0.15, 0.2) is 5.69 Å². The van der Waals surface area contributed by atoms with E-state index in [1.807, 2.05) is 32.0 Å². The Morgan fingerprint density at radius 2 is 2.12 bits per heavy atom. The van der Waals surface area contributed by atoms with Crippen LogP contribution < -0.4 is 15.8 Å². The van der Waals surface area contributed by atoms with Gasteiger partial charge in [-0.1, -0.05) is 19.4 Å². The lowest BCUT2D eigenvalue weighted by Crippen LogP contribution is -2.28. The van der Waals surface area contributed by atoms with E-state index in [2.05, 4.69) is 35.8 Å². The molecule has 0 radical (unpaired) electrons. The maximum atomic E-state index is 12.4. The first-order valence-electron chi connectivity index (χ1n) is 11.1.